The van der Waals surface area contributed by atoms with E-state index in [2.05, 4.69) is 12.2 Å². The van der Waals surface area contributed by atoms with Crippen molar-refractivity contribution in [1.29, 1.82) is 0 Å². The van der Waals surface area contributed by atoms with Gasteiger partial charge in [0.15, 0.2) is 0 Å². The van der Waals surface area contributed by atoms with Gasteiger partial charge in [-0.3, -0.25) is 9.59 Å². The third-order valence-electron chi connectivity index (χ3n) is 4.63. The summed E-state index contributed by atoms with van der Waals surface area (Å²) in [4.78, 5) is 27.0. The molecule has 4 unspecified atom stereocenters. The zero-order chi connectivity index (χ0) is 16.2. The number of primary amides is 1. The highest BCUT2D eigenvalue weighted by molar-refractivity contribution is 5.89. The molecule has 0 spiro atoms. The van der Waals surface area contributed by atoms with Gasteiger partial charge >= 0.3 is 0 Å². The van der Waals surface area contributed by atoms with E-state index in [1.807, 2.05) is 46.4 Å². The molecular formula is C17H28N2O2. The highest BCUT2D eigenvalue weighted by Gasteiger charge is 2.53. The molecule has 2 N–H and O–H groups in total. The van der Waals surface area contributed by atoms with Gasteiger partial charge in [0, 0.05) is 11.1 Å². The van der Waals surface area contributed by atoms with Crippen LogP contribution in [0.4, 0.5) is 0 Å². The summed E-state index contributed by atoms with van der Waals surface area (Å²) >= 11 is 0. The van der Waals surface area contributed by atoms with Crippen molar-refractivity contribution in [2.45, 2.75) is 59.0 Å². The van der Waals surface area contributed by atoms with Crippen molar-refractivity contribution < 1.29 is 9.59 Å². The fourth-order valence-corrected chi connectivity index (χ4v) is 4.36. The van der Waals surface area contributed by atoms with Gasteiger partial charge in [0.2, 0.25) is 11.8 Å². The number of hydrogen-bond acceptors (Lipinski definition) is 2. The van der Waals surface area contributed by atoms with E-state index in [9.17, 15) is 9.59 Å². The molecule has 0 heterocycles. The Labute approximate surface area is 127 Å². The highest BCUT2D eigenvalue weighted by atomic mass is 16.2. The molecule has 2 rings (SSSR count). The third-order valence-corrected chi connectivity index (χ3v) is 4.63. The van der Waals surface area contributed by atoms with Crippen molar-refractivity contribution >= 4 is 11.8 Å². The van der Waals surface area contributed by atoms with Crippen molar-refractivity contribution in [3.05, 3.63) is 12.2 Å². The number of fused-ring (bicyclic) bond motifs is 2. The lowest BCUT2D eigenvalue weighted by molar-refractivity contribution is -0.152. The smallest absolute Gasteiger partial charge is 0.227 e. The zero-order valence-corrected chi connectivity index (χ0v) is 14.0. The second-order valence-electron chi connectivity index (χ2n) is 8.42. The maximum absolute atomic E-state index is 13.2. The maximum atomic E-state index is 13.2. The summed E-state index contributed by atoms with van der Waals surface area (Å²) in [5.74, 6) is -0.616. The molecule has 118 valence electrons. The minimum atomic E-state index is -0.348. The van der Waals surface area contributed by atoms with Crippen LogP contribution in [0.15, 0.2) is 12.2 Å². The van der Waals surface area contributed by atoms with Gasteiger partial charge in [-0.05, 0) is 59.8 Å². The van der Waals surface area contributed by atoms with Crippen molar-refractivity contribution in [3.8, 4) is 0 Å². The Morgan fingerprint density at radius 2 is 1.38 bits per heavy atom. The lowest BCUT2D eigenvalue weighted by Crippen LogP contribution is -2.59. The minimum Gasteiger partial charge on any atom is -0.369 e. The molecule has 2 amide bonds. The molecule has 21 heavy (non-hydrogen) atoms. The number of nitrogens with zero attached hydrogens (tertiary/aromatic N) is 1. The molecule has 2 aliphatic rings. The first-order chi connectivity index (χ1) is 9.44. The van der Waals surface area contributed by atoms with Gasteiger partial charge in [-0.2, -0.15) is 0 Å². The van der Waals surface area contributed by atoms with Crippen LogP contribution >= 0.6 is 0 Å². The van der Waals surface area contributed by atoms with E-state index in [0.29, 0.717) is 0 Å². The van der Waals surface area contributed by atoms with Crippen LogP contribution in [0.25, 0.3) is 0 Å². The number of nitrogens with two attached hydrogens (primary N) is 1. The molecular weight excluding hydrogens is 264 g/mol. The van der Waals surface area contributed by atoms with Gasteiger partial charge in [-0.25, -0.2) is 0 Å². The monoisotopic (exact) mass is 292 g/mol. The van der Waals surface area contributed by atoms with Gasteiger partial charge in [0.25, 0.3) is 0 Å². The number of allylic oxidation sites excluding steroid dienone is 2. The summed E-state index contributed by atoms with van der Waals surface area (Å²) in [6.07, 6.45) is 5.03. The number of rotatable bonds is 2. The van der Waals surface area contributed by atoms with Crippen LogP contribution in [0.3, 0.4) is 0 Å². The van der Waals surface area contributed by atoms with E-state index >= 15 is 0 Å². The standard InChI is InChI=1S/C17H28N2O2/c1-16(2,3)19(17(4,5)6)15(21)13-11-8-7-10(9-11)12(13)14(18)20/h7-8,10-13H,9H2,1-6H3,(H2,18,20). The SMILES string of the molecule is CC(C)(C)N(C(=O)C1C2C=CC(C2)C1C(N)=O)C(C)(C)C. The predicted molar refractivity (Wildman–Crippen MR) is 83.3 cm³/mol. The molecule has 0 saturated heterocycles. The minimum absolute atomic E-state index is 0.0654. The number of carbonyl (C=O) groups excluding carboxylic acids is 2. The predicted octanol–water partition coefficient (Wildman–Crippen LogP) is 2.34. The lowest BCUT2D eigenvalue weighted by atomic mass is 9.79. The van der Waals surface area contributed by atoms with E-state index < -0.39 is 0 Å². The Morgan fingerprint density at radius 3 is 1.76 bits per heavy atom. The van der Waals surface area contributed by atoms with E-state index in [-0.39, 0.29) is 46.6 Å². The second-order valence-corrected chi connectivity index (χ2v) is 8.42. The molecule has 1 fully saturated rings. The average Bonchev–Trinajstić information content (AvgIpc) is 2.83. The van der Waals surface area contributed by atoms with Crippen LogP contribution in [0, 0.1) is 23.7 Å². The molecule has 0 radical (unpaired) electrons. The Kier molecular flexibility index (Phi) is 3.71. The van der Waals surface area contributed by atoms with Crippen molar-refractivity contribution in [2.75, 3.05) is 0 Å². The Hall–Kier alpha value is -1.32. The van der Waals surface area contributed by atoms with Crippen LogP contribution in [0.1, 0.15) is 48.0 Å². The van der Waals surface area contributed by atoms with Crippen LogP contribution in [-0.4, -0.2) is 27.8 Å². The summed E-state index contributed by atoms with van der Waals surface area (Å²) in [7, 11) is 0. The normalized spacial score (nSPS) is 31.5. The van der Waals surface area contributed by atoms with Crippen molar-refractivity contribution in [2.24, 2.45) is 29.4 Å². The summed E-state index contributed by atoms with van der Waals surface area (Å²) in [6.45, 7) is 12.2. The largest absolute Gasteiger partial charge is 0.369 e. The average molecular weight is 292 g/mol. The molecule has 0 aromatic carbocycles. The summed E-state index contributed by atoms with van der Waals surface area (Å²) in [6, 6.07) is 0. The highest BCUT2D eigenvalue weighted by Crippen LogP contribution is 2.49. The third kappa shape index (κ3) is 2.72. The molecule has 0 aromatic rings. The number of carbonyl (C=O) groups is 2. The molecule has 4 heteroatoms. The molecule has 0 aromatic heterocycles. The second kappa shape index (κ2) is 4.85. The first-order valence-corrected chi connectivity index (χ1v) is 7.76. The van der Waals surface area contributed by atoms with Crippen molar-refractivity contribution in [3.63, 3.8) is 0 Å². The van der Waals surface area contributed by atoms with E-state index in [1.165, 1.54) is 0 Å². The van der Waals surface area contributed by atoms with Gasteiger partial charge in [0.05, 0.1) is 11.8 Å². The van der Waals surface area contributed by atoms with Crippen LogP contribution in [-0.2, 0) is 9.59 Å². The van der Waals surface area contributed by atoms with E-state index in [4.69, 9.17) is 5.73 Å². The molecule has 4 atom stereocenters. The molecule has 0 aliphatic heterocycles. The van der Waals surface area contributed by atoms with Gasteiger partial charge < -0.3 is 10.6 Å². The zero-order valence-electron chi connectivity index (χ0n) is 14.0. The first kappa shape index (κ1) is 16.1. The Balaban J connectivity index is 2.37. The maximum Gasteiger partial charge on any atom is 0.227 e. The molecule has 1 saturated carbocycles. The Morgan fingerprint density at radius 1 is 0.952 bits per heavy atom. The topological polar surface area (TPSA) is 63.4 Å². The molecule has 2 aliphatic carbocycles. The Bertz CT molecular complexity index is 468. The van der Waals surface area contributed by atoms with Gasteiger partial charge in [-0.15, -0.1) is 0 Å². The number of hydrogen-bond donors (Lipinski definition) is 1. The fourth-order valence-electron chi connectivity index (χ4n) is 4.36. The van der Waals surface area contributed by atoms with Gasteiger partial charge in [0.1, 0.15) is 0 Å². The summed E-state index contributed by atoms with van der Waals surface area (Å²) in [5, 5.41) is 0. The van der Waals surface area contributed by atoms with E-state index in [1.54, 1.807) is 0 Å². The summed E-state index contributed by atoms with van der Waals surface area (Å²) in [5.41, 5.74) is 5.01. The van der Waals surface area contributed by atoms with Crippen LogP contribution in [0.2, 0.25) is 0 Å². The fraction of sp³-hybridized carbons (Fsp3) is 0.765. The lowest BCUT2D eigenvalue weighted by Gasteiger charge is -2.48. The van der Waals surface area contributed by atoms with E-state index in [0.717, 1.165) is 6.42 Å². The summed E-state index contributed by atoms with van der Waals surface area (Å²) < 4.78 is 0. The molecule has 2 bridgehead atoms. The van der Waals surface area contributed by atoms with Crippen molar-refractivity contribution in [1.82, 2.24) is 4.90 Å². The number of amides is 2. The van der Waals surface area contributed by atoms with Crippen LogP contribution < -0.4 is 5.73 Å². The van der Waals surface area contributed by atoms with Gasteiger partial charge in [-0.1, -0.05) is 12.2 Å². The quantitative estimate of drug-likeness (QED) is 0.794. The van der Waals surface area contributed by atoms with Crippen LogP contribution in [0.5, 0.6) is 0 Å². The molecule has 4 nitrogen and oxygen atoms in total. The first-order valence-electron chi connectivity index (χ1n) is 7.76.